The van der Waals surface area contributed by atoms with E-state index in [0.717, 1.165) is 24.3 Å². The van der Waals surface area contributed by atoms with Crippen LogP contribution in [0.5, 0.6) is 11.5 Å². The van der Waals surface area contributed by atoms with Crippen LogP contribution in [0.15, 0.2) is 17.1 Å². The number of fused-ring (bicyclic) bond motifs is 1. The molecule has 1 aliphatic rings. The molecule has 0 fully saturated rings. The number of nitrogens with one attached hydrogen (secondary N) is 1. The molecule has 144 valence electrons. The van der Waals surface area contributed by atoms with Crippen molar-refractivity contribution in [2.45, 2.75) is 39.3 Å². The van der Waals surface area contributed by atoms with Gasteiger partial charge in [0.1, 0.15) is 12.1 Å². The van der Waals surface area contributed by atoms with Gasteiger partial charge in [0.2, 0.25) is 0 Å². The molecule has 0 radical (unpaired) electrons. The number of methoxy groups -OCH3 is 2. The number of rotatable bonds is 4. The molecular formula is C19H29N3O4. The molecule has 0 amide bonds. The SMILES string of the molecule is CN=C(NCC(=O)OC(C)(C)C)N1CCc2cc(OC)c(OC)cc2C1. The Balaban J connectivity index is 2.05. The van der Waals surface area contributed by atoms with E-state index in [4.69, 9.17) is 14.2 Å². The fraction of sp³-hybridized carbons (Fsp3) is 0.579. The van der Waals surface area contributed by atoms with Crippen LogP contribution in [0.25, 0.3) is 0 Å². The molecule has 0 atom stereocenters. The number of benzene rings is 1. The molecule has 0 bridgehead atoms. The lowest BCUT2D eigenvalue weighted by molar-refractivity contribution is -0.153. The second kappa shape index (κ2) is 8.29. The van der Waals surface area contributed by atoms with Crippen molar-refractivity contribution in [3.05, 3.63) is 23.3 Å². The molecule has 0 unspecified atom stereocenters. The van der Waals surface area contributed by atoms with Crippen LogP contribution in [0.1, 0.15) is 31.9 Å². The summed E-state index contributed by atoms with van der Waals surface area (Å²) in [4.78, 5) is 18.3. The molecule has 7 heteroatoms. The van der Waals surface area contributed by atoms with Crippen LogP contribution in [-0.4, -0.2) is 56.8 Å². The molecule has 26 heavy (non-hydrogen) atoms. The van der Waals surface area contributed by atoms with E-state index in [2.05, 4.69) is 15.2 Å². The Morgan fingerprint density at radius 3 is 2.35 bits per heavy atom. The molecule has 0 spiro atoms. The molecule has 0 aromatic heterocycles. The summed E-state index contributed by atoms with van der Waals surface area (Å²) >= 11 is 0. The van der Waals surface area contributed by atoms with Gasteiger partial charge in [0, 0.05) is 20.1 Å². The fourth-order valence-corrected chi connectivity index (χ4v) is 2.93. The van der Waals surface area contributed by atoms with Crippen molar-refractivity contribution in [1.29, 1.82) is 0 Å². The lowest BCUT2D eigenvalue weighted by Crippen LogP contribution is -2.46. The van der Waals surface area contributed by atoms with Crippen molar-refractivity contribution in [2.75, 3.05) is 34.4 Å². The number of hydrogen-bond acceptors (Lipinski definition) is 5. The van der Waals surface area contributed by atoms with Crippen molar-refractivity contribution in [3.8, 4) is 11.5 Å². The van der Waals surface area contributed by atoms with Crippen molar-refractivity contribution >= 4 is 11.9 Å². The maximum absolute atomic E-state index is 11.9. The molecular weight excluding hydrogens is 334 g/mol. The molecule has 1 aromatic carbocycles. The maximum atomic E-state index is 11.9. The third-order valence-electron chi connectivity index (χ3n) is 4.04. The Hall–Kier alpha value is -2.44. The summed E-state index contributed by atoms with van der Waals surface area (Å²) in [6, 6.07) is 4.03. The van der Waals surface area contributed by atoms with Crippen LogP contribution in [0.3, 0.4) is 0 Å². The Kier molecular flexibility index (Phi) is 6.34. The number of hydrogen-bond donors (Lipinski definition) is 1. The number of carbonyl (C=O) groups is 1. The van der Waals surface area contributed by atoms with Gasteiger partial charge in [-0.1, -0.05) is 0 Å². The van der Waals surface area contributed by atoms with Gasteiger partial charge in [0.25, 0.3) is 0 Å². The first kappa shape index (κ1) is 19.9. The normalized spacial score (nSPS) is 14.5. The Morgan fingerprint density at radius 2 is 1.81 bits per heavy atom. The minimum absolute atomic E-state index is 0.0826. The zero-order valence-electron chi connectivity index (χ0n) is 16.5. The summed E-state index contributed by atoms with van der Waals surface area (Å²) in [5, 5.41) is 3.09. The summed E-state index contributed by atoms with van der Waals surface area (Å²) in [7, 11) is 4.98. The summed E-state index contributed by atoms with van der Waals surface area (Å²) in [5.74, 6) is 1.83. The van der Waals surface area contributed by atoms with Gasteiger partial charge in [-0.3, -0.25) is 9.79 Å². The smallest absolute Gasteiger partial charge is 0.325 e. The molecule has 0 aliphatic carbocycles. The minimum atomic E-state index is -0.498. The Labute approximate surface area is 155 Å². The van der Waals surface area contributed by atoms with Gasteiger partial charge in [-0.25, -0.2) is 0 Å². The van der Waals surface area contributed by atoms with Crippen molar-refractivity contribution < 1.29 is 19.0 Å². The van der Waals surface area contributed by atoms with Crippen LogP contribution in [-0.2, 0) is 22.5 Å². The first-order valence-corrected chi connectivity index (χ1v) is 8.68. The van der Waals surface area contributed by atoms with E-state index in [9.17, 15) is 4.79 Å². The quantitative estimate of drug-likeness (QED) is 0.501. The zero-order valence-corrected chi connectivity index (χ0v) is 16.5. The number of carbonyl (C=O) groups excluding carboxylic acids is 1. The van der Waals surface area contributed by atoms with Gasteiger partial charge in [0.05, 0.1) is 14.2 Å². The molecule has 0 saturated carbocycles. The van der Waals surface area contributed by atoms with E-state index in [1.54, 1.807) is 21.3 Å². The standard InChI is InChI=1S/C19H29N3O4/c1-19(2,3)26-17(23)11-21-18(20-4)22-8-7-13-9-15(24-5)16(25-6)10-14(13)12-22/h9-10H,7-8,11-12H2,1-6H3,(H,20,21). The van der Waals surface area contributed by atoms with E-state index in [-0.39, 0.29) is 12.5 Å². The van der Waals surface area contributed by atoms with Crippen molar-refractivity contribution in [3.63, 3.8) is 0 Å². The van der Waals surface area contributed by atoms with Crippen LogP contribution >= 0.6 is 0 Å². The highest BCUT2D eigenvalue weighted by molar-refractivity contribution is 5.84. The summed E-state index contributed by atoms with van der Waals surface area (Å²) in [5.41, 5.74) is 1.90. The minimum Gasteiger partial charge on any atom is -0.493 e. The lowest BCUT2D eigenvalue weighted by Gasteiger charge is -2.32. The summed E-state index contributed by atoms with van der Waals surface area (Å²) < 4.78 is 16.1. The van der Waals surface area contributed by atoms with Crippen molar-refractivity contribution in [2.24, 2.45) is 4.99 Å². The second-order valence-corrected chi connectivity index (χ2v) is 7.13. The van der Waals surface area contributed by atoms with Crippen LogP contribution in [0.2, 0.25) is 0 Å². The second-order valence-electron chi connectivity index (χ2n) is 7.13. The number of ether oxygens (including phenoxy) is 3. The van der Waals surface area contributed by atoms with Crippen LogP contribution in [0, 0.1) is 0 Å². The van der Waals surface area contributed by atoms with Crippen molar-refractivity contribution in [1.82, 2.24) is 10.2 Å². The summed E-state index contributed by atoms with van der Waals surface area (Å²) in [6.45, 7) is 7.12. The molecule has 0 saturated heterocycles. The molecule has 1 aromatic rings. The van der Waals surface area contributed by atoms with E-state index >= 15 is 0 Å². The third kappa shape index (κ3) is 5.03. The van der Waals surface area contributed by atoms with Gasteiger partial charge >= 0.3 is 5.97 Å². The molecule has 1 heterocycles. The van der Waals surface area contributed by atoms with Gasteiger partial charge in [0.15, 0.2) is 17.5 Å². The van der Waals surface area contributed by atoms with E-state index in [1.165, 1.54) is 5.56 Å². The number of guanidine groups is 1. The van der Waals surface area contributed by atoms with Gasteiger partial charge in [-0.2, -0.15) is 0 Å². The van der Waals surface area contributed by atoms with E-state index in [0.29, 0.717) is 18.3 Å². The van der Waals surface area contributed by atoms with Crippen LogP contribution < -0.4 is 14.8 Å². The Morgan fingerprint density at radius 1 is 1.19 bits per heavy atom. The lowest BCUT2D eigenvalue weighted by atomic mass is 9.99. The van der Waals surface area contributed by atoms with Gasteiger partial charge < -0.3 is 24.4 Å². The monoisotopic (exact) mass is 363 g/mol. The topological polar surface area (TPSA) is 72.4 Å². The first-order valence-electron chi connectivity index (χ1n) is 8.68. The highest BCUT2D eigenvalue weighted by Crippen LogP contribution is 2.33. The Bertz CT molecular complexity index is 680. The van der Waals surface area contributed by atoms with Crippen LogP contribution in [0.4, 0.5) is 0 Å². The average molecular weight is 363 g/mol. The predicted octanol–water partition coefficient (Wildman–Crippen LogP) is 1.98. The summed E-state index contributed by atoms with van der Waals surface area (Å²) in [6.07, 6.45) is 0.864. The largest absolute Gasteiger partial charge is 0.493 e. The number of aliphatic imine (C=N–C) groups is 1. The van der Waals surface area contributed by atoms with Gasteiger partial charge in [-0.15, -0.1) is 0 Å². The molecule has 7 nitrogen and oxygen atoms in total. The maximum Gasteiger partial charge on any atom is 0.325 e. The zero-order chi connectivity index (χ0) is 19.3. The van der Waals surface area contributed by atoms with Gasteiger partial charge in [-0.05, 0) is 50.5 Å². The van der Waals surface area contributed by atoms with E-state index < -0.39 is 5.60 Å². The van der Waals surface area contributed by atoms with E-state index in [1.807, 2.05) is 32.9 Å². The number of nitrogens with zero attached hydrogens (tertiary/aromatic N) is 2. The molecule has 2 rings (SSSR count). The third-order valence-corrected chi connectivity index (χ3v) is 4.04. The molecule has 1 N–H and O–H groups in total. The number of esters is 1. The highest BCUT2D eigenvalue weighted by Gasteiger charge is 2.23. The first-order chi connectivity index (χ1) is 12.3. The predicted molar refractivity (Wildman–Crippen MR) is 101 cm³/mol. The average Bonchev–Trinajstić information content (AvgIpc) is 2.59. The highest BCUT2D eigenvalue weighted by atomic mass is 16.6. The fourth-order valence-electron chi connectivity index (χ4n) is 2.93. The molecule has 1 aliphatic heterocycles.